The third kappa shape index (κ3) is 4.96. The Bertz CT molecular complexity index is 1240. The van der Waals surface area contributed by atoms with Crippen molar-refractivity contribution in [3.05, 3.63) is 79.1 Å². The Morgan fingerprint density at radius 2 is 1.62 bits per heavy atom. The van der Waals surface area contributed by atoms with Gasteiger partial charge in [-0.3, -0.25) is 9.59 Å². The maximum absolute atomic E-state index is 13.0. The number of ether oxygens (including phenoxy) is 1. The van der Waals surface area contributed by atoms with Gasteiger partial charge in [0.2, 0.25) is 0 Å². The van der Waals surface area contributed by atoms with Crippen LogP contribution in [0.5, 0.6) is 0 Å². The molecule has 32 heavy (non-hydrogen) atoms. The molecule has 166 valence electrons. The number of aryl methyl sites for hydroxylation is 2. The van der Waals surface area contributed by atoms with Crippen LogP contribution in [0.15, 0.2) is 36.4 Å². The summed E-state index contributed by atoms with van der Waals surface area (Å²) in [6.45, 7) is 5.49. The molecular weight excluding hydrogens is 471 g/mol. The molecule has 6 nitrogen and oxygen atoms in total. The maximum atomic E-state index is 13.0. The van der Waals surface area contributed by atoms with Gasteiger partial charge in [0.15, 0.2) is 0 Å². The van der Waals surface area contributed by atoms with Crippen LogP contribution in [-0.2, 0) is 4.74 Å². The van der Waals surface area contributed by atoms with Gasteiger partial charge in [0.1, 0.15) is 5.00 Å². The molecule has 3 rings (SSSR count). The Hall–Kier alpha value is -2.87. The lowest BCUT2D eigenvalue weighted by Crippen LogP contribution is -2.14. The van der Waals surface area contributed by atoms with Crippen LogP contribution >= 0.6 is 34.5 Å². The second-order valence-corrected chi connectivity index (χ2v) is 8.94. The Labute approximate surface area is 199 Å². The van der Waals surface area contributed by atoms with Crippen molar-refractivity contribution in [2.24, 2.45) is 0 Å². The molecule has 0 radical (unpaired) electrons. The summed E-state index contributed by atoms with van der Waals surface area (Å²) in [5, 5.41) is 6.30. The van der Waals surface area contributed by atoms with Gasteiger partial charge in [-0.2, -0.15) is 0 Å². The monoisotopic (exact) mass is 490 g/mol. The molecule has 0 unspecified atom stereocenters. The van der Waals surface area contributed by atoms with Gasteiger partial charge in [-0.05, 0) is 56.2 Å². The van der Waals surface area contributed by atoms with Crippen LogP contribution in [-0.4, -0.2) is 24.9 Å². The highest BCUT2D eigenvalue weighted by molar-refractivity contribution is 7.19. The van der Waals surface area contributed by atoms with Gasteiger partial charge in [-0.15, -0.1) is 11.3 Å². The van der Waals surface area contributed by atoms with Crippen molar-refractivity contribution in [2.75, 3.05) is 17.7 Å². The van der Waals surface area contributed by atoms with Crippen molar-refractivity contribution in [1.82, 2.24) is 0 Å². The predicted octanol–water partition coefficient (Wildman–Crippen LogP) is 6.27. The lowest BCUT2D eigenvalue weighted by atomic mass is 10.1. The van der Waals surface area contributed by atoms with Crippen LogP contribution in [0.25, 0.3) is 0 Å². The molecule has 0 bridgehead atoms. The van der Waals surface area contributed by atoms with E-state index >= 15 is 0 Å². The van der Waals surface area contributed by atoms with Crippen LogP contribution in [0.1, 0.15) is 47.1 Å². The number of carbonyl (C=O) groups is 3. The number of carbonyl (C=O) groups excluding carboxylic acids is 3. The van der Waals surface area contributed by atoms with Gasteiger partial charge in [0.25, 0.3) is 11.8 Å². The zero-order chi connectivity index (χ0) is 23.6. The molecule has 0 aliphatic rings. The summed E-state index contributed by atoms with van der Waals surface area (Å²) < 4.78 is 4.87. The zero-order valence-corrected chi connectivity index (χ0v) is 20.1. The molecule has 0 aliphatic heterocycles. The number of benzene rings is 2. The molecule has 0 saturated carbocycles. The SMILES string of the molecule is COC(=O)c1c(NC(=O)c2ccc(Cl)c(Cl)c2)sc(C(=O)Nc2ccc(C)cc2C)c1C. The summed E-state index contributed by atoms with van der Waals surface area (Å²) in [5.74, 6) is -1.55. The number of halogens is 2. The zero-order valence-electron chi connectivity index (χ0n) is 17.8. The third-order valence-corrected chi connectivity index (χ3v) is 6.73. The predicted molar refractivity (Wildman–Crippen MR) is 129 cm³/mol. The van der Waals surface area contributed by atoms with Gasteiger partial charge in [0, 0.05) is 11.3 Å². The number of hydrogen-bond acceptors (Lipinski definition) is 5. The molecule has 0 atom stereocenters. The summed E-state index contributed by atoms with van der Waals surface area (Å²) in [5.41, 5.74) is 3.43. The number of anilines is 2. The van der Waals surface area contributed by atoms with E-state index in [-0.39, 0.29) is 31.9 Å². The van der Waals surface area contributed by atoms with Gasteiger partial charge >= 0.3 is 5.97 Å². The Kier molecular flexibility index (Phi) is 7.23. The van der Waals surface area contributed by atoms with Crippen molar-refractivity contribution in [3.63, 3.8) is 0 Å². The summed E-state index contributed by atoms with van der Waals surface area (Å²) in [4.78, 5) is 38.4. The van der Waals surface area contributed by atoms with Crippen molar-refractivity contribution in [3.8, 4) is 0 Å². The number of thiophene rings is 1. The first-order valence-corrected chi connectivity index (χ1v) is 11.1. The molecule has 0 saturated heterocycles. The van der Waals surface area contributed by atoms with E-state index in [1.54, 1.807) is 6.92 Å². The number of rotatable bonds is 5. The highest BCUT2D eigenvalue weighted by Crippen LogP contribution is 2.35. The normalized spacial score (nSPS) is 10.6. The van der Waals surface area contributed by atoms with Gasteiger partial charge < -0.3 is 15.4 Å². The molecule has 0 aliphatic carbocycles. The molecule has 0 fully saturated rings. The van der Waals surface area contributed by atoms with Crippen molar-refractivity contribution < 1.29 is 19.1 Å². The van der Waals surface area contributed by atoms with Gasteiger partial charge in [-0.25, -0.2) is 4.79 Å². The van der Waals surface area contributed by atoms with E-state index < -0.39 is 11.9 Å². The summed E-state index contributed by atoms with van der Waals surface area (Å²) in [6, 6.07) is 10.1. The molecule has 0 spiro atoms. The number of amides is 2. The summed E-state index contributed by atoms with van der Waals surface area (Å²) in [6.07, 6.45) is 0. The van der Waals surface area contributed by atoms with Crippen molar-refractivity contribution in [2.45, 2.75) is 20.8 Å². The first kappa shape index (κ1) is 23.8. The second kappa shape index (κ2) is 9.73. The standard InChI is InChI=1S/C23H20Cl2N2O4S/c1-11-5-8-17(12(2)9-11)26-21(29)19-13(3)18(23(30)31-4)22(32-19)27-20(28)14-6-7-15(24)16(25)10-14/h5-10H,1-4H3,(H,26,29)(H,27,28). The highest BCUT2D eigenvalue weighted by atomic mass is 35.5. The van der Waals surface area contributed by atoms with Crippen LogP contribution in [0.2, 0.25) is 10.0 Å². The first-order valence-electron chi connectivity index (χ1n) is 9.49. The third-order valence-electron chi connectivity index (χ3n) is 4.78. The number of esters is 1. The van der Waals surface area contributed by atoms with Crippen LogP contribution in [0, 0.1) is 20.8 Å². The minimum Gasteiger partial charge on any atom is -0.465 e. The van der Waals surface area contributed by atoms with E-state index in [4.69, 9.17) is 27.9 Å². The molecule has 2 amide bonds. The fourth-order valence-corrected chi connectivity index (χ4v) is 4.49. The summed E-state index contributed by atoms with van der Waals surface area (Å²) in [7, 11) is 1.24. The smallest absolute Gasteiger partial charge is 0.341 e. The second-order valence-electron chi connectivity index (χ2n) is 7.11. The largest absolute Gasteiger partial charge is 0.465 e. The van der Waals surface area contributed by atoms with Crippen LogP contribution in [0.4, 0.5) is 10.7 Å². The average Bonchev–Trinajstić information content (AvgIpc) is 3.07. The van der Waals surface area contributed by atoms with E-state index in [1.165, 1.54) is 25.3 Å². The quantitative estimate of drug-likeness (QED) is 0.412. The number of hydrogen-bond donors (Lipinski definition) is 2. The van der Waals surface area contributed by atoms with E-state index in [9.17, 15) is 14.4 Å². The Balaban J connectivity index is 1.95. The van der Waals surface area contributed by atoms with Crippen LogP contribution < -0.4 is 10.6 Å². The van der Waals surface area contributed by atoms with E-state index in [0.29, 0.717) is 16.3 Å². The Morgan fingerprint density at radius 3 is 2.25 bits per heavy atom. The van der Waals surface area contributed by atoms with Gasteiger partial charge in [0.05, 0.1) is 27.6 Å². The van der Waals surface area contributed by atoms with Crippen molar-refractivity contribution in [1.29, 1.82) is 0 Å². The van der Waals surface area contributed by atoms with E-state index in [2.05, 4.69) is 10.6 Å². The number of methoxy groups -OCH3 is 1. The lowest BCUT2D eigenvalue weighted by Gasteiger charge is -2.08. The fourth-order valence-electron chi connectivity index (χ4n) is 3.11. The molecule has 2 aromatic carbocycles. The maximum Gasteiger partial charge on any atom is 0.341 e. The number of nitrogens with one attached hydrogen (secondary N) is 2. The topological polar surface area (TPSA) is 84.5 Å². The molecule has 2 N–H and O–H groups in total. The van der Waals surface area contributed by atoms with Gasteiger partial charge in [-0.1, -0.05) is 40.9 Å². The lowest BCUT2D eigenvalue weighted by molar-refractivity contribution is 0.0601. The molecular formula is C23H20Cl2N2O4S. The highest BCUT2D eigenvalue weighted by Gasteiger charge is 2.27. The molecule has 1 heterocycles. The Morgan fingerprint density at radius 1 is 0.906 bits per heavy atom. The summed E-state index contributed by atoms with van der Waals surface area (Å²) >= 11 is 12.9. The molecule has 3 aromatic rings. The fraction of sp³-hybridized carbons (Fsp3) is 0.174. The average molecular weight is 491 g/mol. The van der Waals surface area contributed by atoms with E-state index in [0.717, 1.165) is 22.5 Å². The minimum absolute atomic E-state index is 0.122. The first-order chi connectivity index (χ1) is 15.1. The van der Waals surface area contributed by atoms with Crippen molar-refractivity contribution >= 4 is 63.0 Å². The molecule has 9 heteroatoms. The van der Waals surface area contributed by atoms with E-state index in [1.807, 2.05) is 32.0 Å². The minimum atomic E-state index is -0.659. The molecule has 1 aromatic heterocycles. The van der Waals surface area contributed by atoms with Crippen LogP contribution in [0.3, 0.4) is 0 Å².